The van der Waals surface area contributed by atoms with E-state index in [1.807, 2.05) is 27.7 Å². The van der Waals surface area contributed by atoms with Gasteiger partial charge in [-0.05, 0) is 78.4 Å². The summed E-state index contributed by atoms with van der Waals surface area (Å²) in [6, 6.07) is 25.0. The third kappa shape index (κ3) is 6.27. The van der Waals surface area contributed by atoms with Gasteiger partial charge in [-0.15, -0.1) is 0 Å². The number of nitrogens with zero attached hydrogens (tertiary/aromatic N) is 4. The summed E-state index contributed by atoms with van der Waals surface area (Å²) in [7, 11) is -3.90. The van der Waals surface area contributed by atoms with E-state index in [9.17, 15) is 13.2 Å². The van der Waals surface area contributed by atoms with Crippen LogP contribution in [0.5, 0.6) is 0 Å². The topological polar surface area (TPSA) is 97.2 Å². The second-order valence-electron chi connectivity index (χ2n) is 11.8. The maximum absolute atomic E-state index is 12.3. The Hall–Kier alpha value is -4.18. The Morgan fingerprint density at radius 1 is 0.848 bits per heavy atom. The van der Waals surface area contributed by atoms with E-state index in [1.165, 1.54) is 37.7 Å². The number of hydrogen-bond acceptors (Lipinski definition) is 5. The number of amides is 1. The summed E-state index contributed by atoms with van der Waals surface area (Å²) in [5.41, 5.74) is 6.99. The molecule has 1 N–H and O–H groups in total. The molecule has 1 saturated carbocycles. The molecule has 234 valence electrons. The molecule has 2 aromatic heterocycles. The number of anilines is 1. The summed E-state index contributed by atoms with van der Waals surface area (Å²) in [4.78, 5) is 21.5. The van der Waals surface area contributed by atoms with Crippen molar-refractivity contribution in [3.63, 3.8) is 0 Å². The fourth-order valence-corrected chi connectivity index (χ4v) is 7.93. The Balaban J connectivity index is 1.17. The lowest BCUT2D eigenvalue weighted by Gasteiger charge is -2.21. The van der Waals surface area contributed by atoms with Gasteiger partial charge in [-0.2, -0.15) is 8.42 Å². The van der Waals surface area contributed by atoms with Gasteiger partial charge < -0.3 is 4.57 Å². The van der Waals surface area contributed by atoms with E-state index in [-0.39, 0.29) is 6.54 Å². The standard InChI is InChI=1S/C35H31Cl2N5O3S/c36-27-11-16-30(31(37)19-27)33-21-41(28-12-14-29(15-13-28)42-22-35(43)40-46(42,44)45)34(39-33)18-23-6-8-25(9-7-23)32-17-10-26(20-38-32)24-4-2-1-3-5-24/h6-17,19-21,24H,1-5,18,22H2,(H,40,43). The molecule has 0 atom stereocenters. The van der Waals surface area contributed by atoms with Gasteiger partial charge in [0.25, 0.3) is 5.91 Å². The quantitative estimate of drug-likeness (QED) is 0.191. The molecule has 3 heterocycles. The highest BCUT2D eigenvalue weighted by Crippen LogP contribution is 2.34. The largest absolute Gasteiger partial charge is 0.326 e. The fraction of sp³-hybridized carbons (Fsp3) is 0.229. The van der Waals surface area contributed by atoms with Crippen LogP contribution in [0.1, 0.15) is 55.0 Å². The number of nitrogens with one attached hydrogen (secondary N) is 1. The van der Waals surface area contributed by atoms with Crippen molar-refractivity contribution in [3.05, 3.63) is 118 Å². The number of aromatic nitrogens is 3. The molecule has 3 aromatic carbocycles. The summed E-state index contributed by atoms with van der Waals surface area (Å²) >= 11 is 12.7. The van der Waals surface area contributed by atoms with E-state index in [0.29, 0.717) is 33.8 Å². The fourth-order valence-electron chi connectivity index (χ4n) is 6.28. The van der Waals surface area contributed by atoms with Crippen molar-refractivity contribution in [1.82, 2.24) is 19.3 Å². The molecule has 11 heteroatoms. The van der Waals surface area contributed by atoms with Gasteiger partial charge in [0, 0.05) is 40.7 Å². The molecule has 2 fully saturated rings. The molecular formula is C35H31Cl2N5O3S. The molecule has 7 rings (SSSR count). The van der Waals surface area contributed by atoms with Gasteiger partial charge in [0.2, 0.25) is 0 Å². The zero-order chi connectivity index (χ0) is 31.8. The Kier molecular flexibility index (Phi) is 8.31. The van der Waals surface area contributed by atoms with Crippen molar-refractivity contribution in [2.24, 2.45) is 0 Å². The highest BCUT2D eigenvalue weighted by molar-refractivity contribution is 7.92. The molecule has 1 aliphatic carbocycles. The third-order valence-electron chi connectivity index (χ3n) is 8.70. The second kappa shape index (κ2) is 12.5. The SMILES string of the molecule is O=C1CN(c2ccc(-n3cc(-c4ccc(Cl)cc4Cl)nc3Cc3ccc(-c4ccc(C5CCCCC5)cn4)cc3)cc2)S(=O)(=O)N1. The maximum Gasteiger partial charge on any atom is 0.326 e. The van der Waals surface area contributed by atoms with Crippen LogP contribution in [0, 0.1) is 0 Å². The normalized spacial score (nSPS) is 16.5. The molecule has 5 aromatic rings. The van der Waals surface area contributed by atoms with Crippen molar-refractivity contribution in [2.45, 2.75) is 44.4 Å². The Morgan fingerprint density at radius 3 is 2.24 bits per heavy atom. The minimum atomic E-state index is -3.90. The van der Waals surface area contributed by atoms with Crippen LogP contribution >= 0.6 is 23.2 Å². The Morgan fingerprint density at radius 2 is 1.59 bits per heavy atom. The van der Waals surface area contributed by atoms with Crippen molar-refractivity contribution in [1.29, 1.82) is 0 Å². The lowest BCUT2D eigenvalue weighted by Crippen LogP contribution is -2.29. The molecule has 1 amide bonds. The van der Waals surface area contributed by atoms with E-state index < -0.39 is 16.1 Å². The van der Waals surface area contributed by atoms with Gasteiger partial charge in [0.05, 0.1) is 22.1 Å². The lowest BCUT2D eigenvalue weighted by molar-refractivity contribution is -0.117. The summed E-state index contributed by atoms with van der Waals surface area (Å²) < 4.78 is 29.7. The van der Waals surface area contributed by atoms with Crippen LogP contribution in [-0.2, 0) is 21.4 Å². The zero-order valence-corrected chi connectivity index (χ0v) is 27.2. The summed E-state index contributed by atoms with van der Waals surface area (Å²) in [5, 5.41) is 1.02. The van der Waals surface area contributed by atoms with Crippen LogP contribution in [0.25, 0.3) is 28.2 Å². The number of carbonyl (C=O) groups is 1. The smallest absolute Gasteiger partial charge is 0.303 e. The van der Waals surface area contributed by atoms with Crippen molar-refractivity contribution >= 4 is 45.0 Å². The minimum absolute atomic E-state index is 0.257. The first-order chi connectivity index (χ1) is 22.2. The number of pyridine rings is 1. The van der Waals surface area contributed by atoms with Crippen molar-refractivity contribution in [3.8, 4) is 28.2 Å². The minimum Gasteiger partial charge on any atom is -0.303 e. The molecule has 0 radical (unpaired) electrons. The van der Waals surface area contributed by atoms with Crippen LogP contribution in [0.4, 0.5) is 5.69 Å². The predicted molar refractivity (Wildman–Crippen MR) is 182 cm³/mol. The second-order valence-corrected chi connectivity index (χ2v) is 14.2. The predicted octanol–water partition coefficient (Wildman–Crippen LogP) is 7.73. The van der Waals surface area contributed by atoms with E-state index >= 15 is 0 Å². The van der Waals surface area contributed by atoms with Gasteiger partial charge in [-0.1, -0.05) is 72.8 Å². The number of imidazole rings is 1. The first-order valence-corrected chi connectivity index (χ1v) is 17.5. The van der Waals surface area contributed by atoms with E-state index in [4.69, 9.17) is 33.2 Å². The number of carbonyl (C=O) groups excluding carboxylic acids is 1. The first-order valence-electron chi connectivity index (χ1n) is 15.3. The molecule has 0 unspecified atom stereocenters. The Labute approximate surface area is 278 Å². The molecule has 2 aliphatic rings. The molecule has 1 saturated heterocycles. The highest BCUT2D eigenvalue weighted by atomic mass is 35.5. The molecule has 46 heavy (non-hydrogen) atoms. The summed E-state index contributed by atoms with van der Waals surface area (Å²) in [5.74, 6) is 0.825. The van der Waals surface area contributed by atoms with Gasteiger partial charge in [0.1, 0.15) is 12.4 Å². The summed E-state index contributed by atoms with van der Waals surface area (Å²) in [6.45, 7) is -0.257. The average Bonchev–Trinajstić information content (AvgIpc) is 3.60. The van der Waals surface area contributed by atoms with Crippen LogP contribution < -0.4 is 9.03 Å². The lowest BCUT2D eigenvalue weighted by atomic mass is 9.85. The molecule has 0 bridgehead atoms. The van der Waals surface area contributed by atoms with Gasteiger partial charge in [0.15, 0.2) is 0 Å². The molecule has 1 aliphatic heterocycles. The number of benzene rings is 3. The maximum atomic E-state index is 12.3. The third-order valence-corrected chi connectivity index (χ3v) is 10.7. The monoisotopic (exact) mass is 671 g/mol. The van der Waals surface area contributed by atoms with Crippen molar-refractivity contribution < 1.29 is 13.2 Å². The van der Waals surface area contributed by atoms with Crippen LogP contribution in [0.2, 0.25) is 10.0 Å². The Bertz CT molecular complexity index is 2010. The molecule has 8 nitrogen and oxygen atoms in total. The van der Waals surface area contributed by atoms with Crippen molar-refractivity contribution in [2.75, 3.05) is 10.8 Å². The van der Waals surface area contributed by atoms with Crippen LogP contribution in [-0.4, -0.2) is 35.4 Å². The van der Waals surface area contributed by atoms with Gasteiger partial charge in [-0.3, -0.25) is 9.78 Å². The summed E-state index contributed by atoms with van der Waals surface area (Å²) in [6.07, 6.45) is 10.9. The zero-order valence-electron chi connectivity index (χ0n) is 24.9. The molecule has 0 spiro atoms. The van der Waals surface area contributed by atoms with Crippen LogP contribution in [0.15, 0.2) is 91.3 Å². The average molecular weight is 673 g/mol. The number of hydrogen-bond donors (Lipinski definition) is 1. The first kappa shape index (κ1) is 30.5. The number of halogens is 2. The highest BCUT2D eigenvalue weighted by Gasteiger charge is 2.34. The van der Waals surface area contributed by atoms with Gasteiger partial charge >= 0.3 is 10.2 Å². The number of rotatable bonds is 7. The van der Waals surface area contributed by atoms with E-state index in [0.717, 1.165) is 38.2 Å². The molecular weight excluding hydrogens is 641 g/mol. The van der Waals surface area contributed by atoms with Crippen LogP contribution in [0.3, 0.4) is 0 Å². The van der Waals surface area contributed by atoms with Gasteiger partial charge in [-0.25, -0.2) is 14.0 Å². The van der Waals surface area contributed by atoms with E-state index in [2.05, 4.69) is 36.4 Å². The van der Waals surface area contributed by atoms with E-state index in [1.54, 1.807) is 36.4 Å².